The topological polar surface area (TPSA) is 149 Å². The predicted octanol–water partition coefficient (Wildman–Crippen LogP) is -0.661. The van der Waals surface area contributed by atoms with Crippen LogP contribution in [0.5, 0.6) is 0 Å². The fourth-order valence-electron chi connectivity index (χ4n) is 1.76. The molecule has 1 rings (SSSR count). The Morgan fingerprint density at radius 1 is 1.12 bits per heavy atom. The molecule has 26 heavy (non-hydrogen) atoms. The number of amides is 3. The summed E-state index contributed by atoms with van der Waals surface area (Å²) in [7, 11) is 0. The molecule has 0 bridgehead atoms. The van der Waals surface area contributed by atoms with Gasteiger partial charge in [-0.2, -0.15) is 0 Å². The minimum Gasteiger partial charge on any atom is -0.461 e. The molecule has 0 aliphatic rings. The van der Waals surface area contributed by atoms with Crippen LogP contribution in [0.15, 0.2) is 30.3 Å². The smallest absolute Gasteiger partial charge is 0.426 e. The van der Waals surface area contributed by atoms with Crippen molar-refractivity contribution in [3.8, 4) is 0 Å². The lowest BCUT2D eigenvalue weighted by Crippen LogP contribution is -2.52. The number of rotatable bonds is 7. The number of carbonyl (C=O) groups is 4. The highest BCUT2D eigenvalue weighted by Gasteiger charge is 2.23. The number of ether oxygens (including phenoxy) is 2. The fraction of sp³-hybridized carbons (Fsp3) is 0.375. The van der Waals surface area contributed by atoms with Crippen LogP contribution in [0.4, 0.5) is 4.79 Å². The van der Waals surface area contributed by atoms with Gasteiger partial charge in [-0.15, -0.1) is 0 Å². The molecule has 1 unspecified atom stereocenters. The lowest BCUT2D eigenvalue weighted by Gasteiger charge is -2.18. The van der Waals surface area contributed by atoms with Gasteiger partial charge >= 0.3 is 12.1 Å². The zero-order valence-electron chi connectivity index (χ0n) is 14.5. The van der Waals surface area contributed by atoms with Crippen LogP contribution in [0.3, 0.4) is 0 Å². The molecule has 0 radical (unpaired) electrons. The Hall–Kier alpha value is -3.14. The van der Waals surface area contributed by atoms with Crippen molar-refractivity contribution in [2.45, 2.75) is 32.6 Å². The van der Waals surface area contributed by atoms with Crippen LogP contribution in [0, 0.1) is 0 Å². The number of hydrogen-bond acceptors (Lipinski definition) is 7. The van der Waals surface area contributed by atoms with Crippen molar-refractivity contribution in [3.05, 3.63) is 35.9 Å². The van der Waals surface area contributed by atoms with Crippen LogP contribution in [-0.2, 0) is 30.5 Å². The highest BCUT2D eigenvalue weighted by atomic mass is 16.6. The molecule has 0 saturated carbocycles. The lowest BCUT2D eigenvalue weighted by atomic mass is 10.2. The summed E-state index contributed by atoms with van der Waals surface area (Å²) in [6, 6.07) is 7.86. The summed E-state index contributed by atoms with van der Waals surface area (Å²) >= 11 is 0. The van der Waals surface area contributed by atoms with E-state index in [0.29, 0.717) is 0 Å². The van der Waals surface area contributed by atoms with Crippen molar-refractivity contribution >= 4 is 23.9 Å². The van der Waals surface area contributed by atoms with Crippen LogP contribution >= 0.6 is 0 Å². The molecular formula is C16H22N4O6. The summed E-state index contributed by atoms with van der Waals surface area (Å²) in [4.78, 5) is 45.6. The molecule has 0 spiro atoms. The van der Waals surface area contributed by atoms with E-state index in [0.717, 1.165) is 5.56 Å². The van der Waals surface area contributed by atoms with E-state index in [9.17, 15) is 19.2 Å². The van der Waals surface area contributed by atoms with E-state index in [1.54, 1.807) is 24.3 Å². The van der Waals surface area contributed by atoms with Crippen molar-refractivity contribution in [2.75, 3.05) is 6.54 Å². The normalized spacial score (nSPS) is 12.3. The number of hydrazine groups is 1. The van der Waals surface area contributed by atoms with Crippen LogP contribution in [0.1, 0.15) is 19.4 Å². The maximum atomic E-state index is 11.7. The summed E-state index contributed by atoms with van der Waals surface area (Å²) in [6.45, 7) is 2.26. The highest BCUT2D eigenvalue weighted by Crippen LogP contribution is 2.00. The van der Waals surface area contributed by atoms with E-state index >= 15 is 0 Å². The molecule has 0 aliphatic heterocycles. The molecule has 0 aromatic heterocycles. The van der Waals surface area contributed by atoms with Crippen molar-refractivity contribution in [1.29, 1.82) is 0 Å². The Bertz CT molecular complexity index is 637. The number of nitrogens with one attached hydrogen (secondary N) is 3. The second kappa shape index (κ2) is 10.7. The SMILES string of the molecule is CC(=O)OC(C)[C@H](N)C(=O)NCC(=O)NNC(=O)OCc1ccccc1. The van der Waals surface area contributed by atoms with E-state index in [1.165, 1.54) is 13.8 Å². The van der Waals surface area contributed by atoms with Crippen molar-refractivity contribution in [3.63, 3.8) is 0 Å². The number of esters is 1. The zero-order valence-corrected chi connectivity index (χ0v) is 14.5. The molecule has 1 aromatic carbocycles. The first-order chi connectivity index (χ1) is 12.3. The quantitative estimate of drug-likeness (QED) is 0.370. The number of hydrogen-bond donors (Lipinski definition) is 4. The third kappa shape index (κ3) is 8.11. The first-order valence-electron chi connectivity index (χ1n) is 7.75. The van der Waals surface area contributed by atoms with Crippen molar-refractivity contribution in [1.82, 2.24) is 16.2 Å². The van der Waals surface area contributed by atoms with Crippen LogP contribution in [0.2, 0.25) is 0 Å². The van der Waals surface area contributed by atoms with Gasteiger partial charge in [0, 0.05) is 6.92 Å². The van der Waals surface area contributed by atoms with Gasteiger partial charge in [0.1, 0.15) is 18.8 Å². The molecule has 1 aromatic rings. The van der Waals surface area contributed by atoms with Gasteiger partial charge in [0.25, 0.3) is 5.91 Å². The Morgan fingerprint density at radius 2 is 1.77 bits per heavy atom. The van der Waals surface area contributed by atoms with Crippen molar-refractivity contribution in [2.24, 2.45) is 5.73 Å². The monoisotopic (exact) mass is 366 g/mol. The van der Waals surface area contributed by atoms with E-state index in [2.05, 4.69) is 10.7 Å². The molecule has 0 saturated heterocycles. The Kier molecular flexibility index (Phi) is 8.58. The standard InChI is InChI=1S/C16H22N4O6/c1-10(26-11(2)21)14(17)15(23)18-8-13(22)19-20-16(24)25-9-12-6-4-3-5-7-12/h3-7,10,14H,8-9,17H2,1-2H3,(H,18,23)(H,19,22)(H,20,24)/t10?,14-/m0/s1. The maximum Gasteiger partial charge on any atom is 0.426 e. The molecular weight excluding hydrogens is 344 g/mol. The first-order valence-corrected chi connectivity index (χ1v) is 7.75. The molecule has 0 fully saturated rings. The molecule has 142 valence electrons. The number of benzene rings is 1. The maximum absolute atomic E-state index is 11.7. The average molecular weight is 366 g/mol. The van der Waals surface area contributed by atoms with Crippen LogP contribution in [-0.4, -0.2) is 42.6 Å². The van der Waals surface area contributed by atoms with Gasteiger partial charge < -0.3 is 20.5 Å². The third-order valence-corrected chi connectivity index (χ3v) is 3.10. The highest BCUT2D eigenvalue weighted by molar-refractivity contribution is 5.88. The van der Waals surface area contributed by atoms with E-state index in [1.807, 2.05) is 11.5 Å². The summed E-state index contributed by atoms with van der Waals surface area (Å²) in [6.07, 6.45) is -1.70. The van der Waals surface area contributed by atoms with E-state index in [-0.39, 0.29) is 6.61 Å². The largest absolute Gasteiger partial charge is 0.461 e. The minimum atomic E-state index is -1.13. The summed E-state index contributed by atoms with van der Waals surface area (Å²) in [5.74, 6) is -1.94. The zero-order chi connectivity index (χ0) is 19.5. The fourth-order valence-corrected chi connectivity index (χ4v) is 1.76. The summed E-state index contributed by atoms with van der Waals surface area (Å²) < 4.78 is 9.67. The molecule has 2 atom stereocenters. The second-order valence-electron chi connectivity index (χ2n) is 5.29. The first kappa shape index (κ1) is 20.9. The number of carbonyl (C=O) groups excluding carboxylic acids is 4. The summed E-state index contributed by atoms with van der Waals surface area (Å²) in [5.41, 5.74) is 10.5. The molecule has 10 nitrogen and oxygen atoms in total. The molecule has 10 heteroatoms. The van der Waals surface area contributed by atoms with Gasteiger partial charge in [0.05, 0.1) is 6.54 Å². The van der Waals surface area contributed by atoms with Gasteiger partial charge in [0.2, 0.25) is 5.91 Å². The lowest BCUT2D eigenvalue weighted by molar-refractivity contribution is -0.148. The van der Waals surface area contributed by atoms with Gasteiger partial charge in [-0.3, -0.25) is 19.8 Å². The van der Waals surface area contributed by atoms with Gasteiger partial charge in [-0.25, -0.2) is 10.2 Å². The molecule has 5 N–H and O–H groups in total. The molecule has 0 heterocycles. The minimum absolute atomic E-state index is 0.0438. The van der Waals surface area contributed by atoms with E-state index < -0.39 is 42.6 Å². The van der Waals surface area contributed by atoms with Crippen LogP contribution < -0.4 is 21.9 Å². The van der Waals surface area contributed by atoms with E-state index in [4.69, 9.17) is 15.2 Å². The number of nitrogens with two attached hydrogens (primary N) is 1. The van der Waals surface area contributed by atoms with Crippen LogP contribution in [0.25, 0.3) is 0 Å². The predicted molar refractivity (Wildman–Crippen MR) is 90.1 cm³/mol. The Labute approximate surface area is 150 Å². The molecule has 3 amide bonds. The third-order valence-electron chi connectivity index (χ3n) is 3.10. The van der Waals surface area contributed by atoms with Gasteiger partial charge in [0.15, 0.2) is 0 Å². The van der Waals surface area contributed by atoms with Gasteiger partial charge in [-0.1, -0.05) is 30.3 Å². The average Bonchev–Trinajstić information content (AvgIpc) is 2.62. The second-order valence-corrected chi connectivity index (χ2v) is 5.29. The van der Waals surface area contributed by atoms with Crippen molar-refractivity contribution < 1.29 is 28.7 Å². The van der Waals surface area contributed by atoms with Gasteiger partial charge in [-0.05, 0) is 12.5 Å². The Balaban J connectivity index is 2.24. The summed E-state index contributed by atoms with van der Waals surface area (Å²) in [5, 5.41) is 2.26. The molecule has 0 aliphatic carbocycles. The Morgan fingerprint density at radius 3 is 2.38 bits per heavy atom.